The second-order valence-electron chi connectivity index (χ2n) is 4.27. The van der Waals surface area contributed by atoms with E-state index >= 15 is 0 Å². The number of rotatable bonds is 3. The monoisotopic (exact) mass is 283 g/mol. The van der Waals surface area contributed by atoms with E-state index in [1.165, 1.54) is 34.9 Å². The molecule has 1 amide bonds. The molecular formula is C13H14FNO3S. The Hall–Kier alpha value is -1.56. The lowest BCUT2D eigenvalue weighted by Gasteiger charge is -2.26. The van der Waals surface area contributed by atoms with Gasteiger partial charge in [0.25, 0.3) is 5.91 Å². The Morgan fingerprint density at radius 2 is 2.26 bits per heavy atom. The average Bonchev–Trinajstić information content (AvgIpc) is 2.81. The fourth-order valence-corrected chi connectivity index (χ4v) is 3.46. The smallest absolute Gasteiger partial charge is 0.327 e. The first kappa shape index (κ1) is 13.9. The van der Waals surface area contributed by atoms with Gasteiger partial charge in [-0.1, -0.05) is 13.0 Å². The van der Waals surface area contributed by atoms with E-state index in [-0.39, 0.29) is 10.9 Å². The maximum atomic E-state index is 13.2. The van der Waals surface area contributed by atoms with E-state index in [9.17, 15) is 14.0 Å². The summed E-state index contributed by atoms with van der Waals surface area (Å²) in [7, 11) is 0. The van der Waals surface area contributed by atoms with Crippen LogP contribution in [0.4, 0.5) is 4.39 Å². The predicted molar refractivity (Wildman–Crippen MR) is 70.5 cm³/mol. The number of carbonyl (C=O) groups excluding carboxylic acids is 1. The molecule has 1 aliphatic rings. The van der Waals surface area contributed by atoms with Crippen LogP contribution in [0.25, 0.3) is 0 Å². The van der Waals surface area contributed by atoms with Crippen molar-refractivity contribution in [2.24, 2.45) is 0 Å². The Labute approximate surface area is 114 Å². The van der Waals surface area contributed by atoms with Crippen molar-refractivity contribution in [2.75, 3.05) is 5.75 Å². The van der Waals surface area contributed by atoms with E-state index in [2.05, 4.69) is 0 Å². The molecule has 0 aromatic heterocycles. The molecule has 0 aliphatic carbocycles. The summed E-state index contributed by atoms with van der Waals surface area (Å²) in [4.78, 5) is 24.9. The third-order valence-electron chi connectivity index (χ3n) is 3.03. The first-order chi connectivity index (χ1) is 9.04. The number of carboxylic acids is 1. The van der Waals surface area contributed by atoms with Crippen molar-refractivity contribution in [2.45, 2.75) is 24.8 Å². The first-order valence-corrected chi connectivity index (χ1v) is 7.02. The molecule has 1 aliphatic heterocycles. The molecule has 1 aromatic carbocycles. The molecule has 1 aromatic rings. The minimum absolute atomic E-state index is 0.170. The highest BCUT2D eigenvalue weighted by molar-refractivity contribution is 8.00. The van der Waals surface area contributed by atoms with Gasteiger partial charge in [-0.05, 0) is 24.6 Å². The van der Waals surface area contributed by atoms with Crippen LogP contribution in [-0.2, 0) is 4.79 Å². The molecule has 2 unspecified atom stereocenters. The summed E-state index contributed by atoms with van der Waals surface area (Å²) in [6, 6.07) is 4.49. The molecule has 1 saturated heterocycles. The third-order valence-corrected chi connectivity index (χ3v) is 4.49. The molecule has 19 heavy (non-hydrogen) atoms. The van der Waals surface area contributed by atoms with E-state index in [0.29, 0.717) is 12.2 Å². The van der Waals surface area contributed by atoms with Crippen LogP contribution >= 0.6 is 11.8 Å². The number of nitrogens with zero attached hydrogens (tertiary/aromatic N) is 1. The molecule has 0 saturated carbocycles. The number of amides is 1. The number of carbonyl (C=O) groups is 2. The zero-order chi connectivity index (χ0) is 14.0. The van der Waals surface area contributed by atoms with Crippen LogP contribution in [0.5, 0.6) is 0 Å². The lowest BCUT2D eigenvalue weighted by Crippen LogP contribution is -2.45. The highest BCUT2D eigenvalue weighted by Crippen LogP contribution is 2.32. The van der Waals surface area contributed by atoms with Crippen LogP contribution in [0.1, 0.15) is 23.7 Å². The Morgan fingerprint density at radius 3 is 2.84 bits per heavy atom. The van der Waals surface area contributed by atoms with E-state index in [1.54, 1.807) is 0 Å². The summed E-state index contributed by atoms with van der Waals surface area (Å²) in [5.41, 5.74) is 0.187. The van der Waals surface area contributed by atoms with Gasteiger partial charge in [0.2, 0.25) is 0 Å². The fraction of sp³-hybridized carbons (Fsp3) is 0.385. The summed E-state index contributed by atoms with van der Waals surface area (Å²) >= 11 is 1.44. The van der Waals surface area contributed by atoms with Crippen LogP contribution in [0, 0.1) is 5.82 Å². The molecule has 0 radical (unpaired) electrons. The van der Waals surface area contributed by atoms with Gasteiger partial charge in [0.05, 0.1) is 5.37 Å². The van der Waals surface area contributed by atoms with Crippen LogP contribution in [-0.4, -0.2) is 39.1 Å². The van der Waals surface area contributed by atoms with Crippen LogP contribution in [0.3, 0.4) is 0 Å². The van der Waals surface area contributed by atoms with Crippen LogP contribution in [0.2, 0.25) is 0 Å². The molecule has 4 nitrogen and oxygen atoms in total. The summed E-state index contributed by atoms with van der Waals surface area (Å²) in [6.07, 6.45) is 0.662. The van der Waals surface area contributed by atoms with Gasteiger partial charge in [-0.2, -0.15) is 0 Å². The molecule has 102 valence electrons. The van der Waals surface area contributed by atoms with Crippen molar-refractivity contribution in [1.82, 2.24) is 4.90 Å². The molecule has 2 rings (SSSR count). The Kier molecular flexibility index (Phi) is 4.09. The Bertz CT molecular complexity index is 508. The van der Waals surface area contributed by atoms with Crippen molar-refractivity contribution >= 4 is 23.6 Å². The highest BCUT2D eigenvalue weighted by atomic mass is 32.2. The minimum atomic E-state index is -1.02. The number of benzene rings is 1. The SMILES string of the molecule is CCC1SCC(C(=O)O)N1C(=O)c1cccc(F)c1. The van der Waals surface area contributed by atoms with Gasteiger partial charge in [-0.3, -0.25) is 4.79 Å². The lowest BCUT2D eigenvalue weighted by atomic mass is 10.1. The minimum Gasteiger partial charge on any atom is -0.480 e. The molecule has 0 spiro atoms. The van der Waals surface area contributed by atoms with E-state index < -0.39 is 23.7 Å². The summed E-state index contributed by atoms with van der Waals surface area (Å²) in [6.45, 7) is 1.90. The largest absolute Gasteiger partial charge is 0.480 e. The second-order valence-corrected chi connectivity index (χ2v) is 5.48. The maximum Gasteiger partial charge on any atom is 0.327 e. The zero-order valence-electron chi connectivity index (χ0n) is 10.4. The quantitative estimate of drug-likeness (QED) is 0.924. The molecule has 1 heterocycles. The fourth-order valence-electron chi connectivity index (χ4n) is 2.11. The average molecular weight is 283 g/mol. The number of thioether (sulfide) groups is 1. The van der Waals surface area contributed by atoms with E-state index in [1.807, 2.05) is 6.92 Å². The summed E-state index contributed by atoms with van der Waals surface area (Å²) in [5.74, 6) is -1.58. The molecule has 1 fully saturated rings. The van der Waals surface area contributed by atoms with Crippen LogP contribution < -0.4 is 0 Å². The van der Waals surface area contributed by atoms with Gasteiger partial charge >= 0.3 is 5.97 Å². The standard InChI is InChI=1S/C13H14FNO3S/c1-2-11-15(10(7-19-11)13(17)18)12(16)8-4-3-5-9(14)6-8/h3-6,10-11H,2,7H2,1H3,(H,17,18). The highest BCUT2D eigenvalue weighted by Gasteiger charge is 2.41. The zero-order valence-corrected chi connectivity index (χ0v) is 11.2. The van der Waals surface area contributed by atoms with E-state index in [0.717, 1.165) is 6.07 Å². The van der Waals surface area contributed by atoms with Gasteiger partial charge < -0.3 is 10.0 Å². The Balaban J connectivity index is 2.31. The predicted octanol–water partition coefficient (Wildman–Crippen LogP) is 2.20. The number of hydrogen-bond donors (Lipinski definition) is 1. The normalized spacial score (nSPS) is 22.5. The second kappa shape index (κ2) is 5.61. The first-order valence-electron chi connectivity index (χ1n) is 5.97. The van der Waals surface area contributed by atoms with Gasteiger partial charge in [0, 0.05) is 11.3 Å². The van der Waals surface area contributed by atoms with Gasteiger partial charge in [-0.15, -0.1) is 11.8 Å². The topological polar surface area (TPSA) is 57.6 Å². The summed E-state index contributed by atoms with van der Waals surface area (Å²) in [5, 5.41) is 9.00. The lowest BCUT2D eigenvalue weighted by molar-refractivity contribution is -0.141. The molecule has 1 N–H and O–H groups in total. The summed E-state index contributed by atoms with van der Waals surface area (Å²) < 4.78 is 13.2. The maximum absolute atomic E-state index is 13.2. The van der Waals surface area contributed by atoms with Crippen molar-refractivity contribution in [3.63, 3.8) is 0 Å². The molecule has 6 heteroatoms. The number of carboxylic acid groups (broad SMARTS) is 1. The Morgan fingerprint density at radius 1 is 1.53 bits per heavy atom. The van der Waals surface area contributed by atoms with Gasteiger partial charge in [-0.25, -0.2) is 9.18 Å². The van der Waals surface area contributed by atoms with Crippen molar-refractivity contribution in [3.8, 4) is 0 Å². The number of hydrogen-bond acceptors (Lipinski definition) is 3. The molecular weight excluding hydrogens is 269 g/mol. The van der Waals surface area contributed by atoms with Gasteiger partial charge in [0.15, 0.2) is 0 Å². The molecule has 0 bridgehead atoms. The van der Waals surface area contributed by atoms with Crippen LogP contribution in [0.15, 0.2) is 24.3 Å². The van der Waals surface area contributed by atoms with Gasteiger partial charge in [0.1, 0.15) is 11.9 Å². The van der Waals surface area contributed by atoms with E-state index in [4.69, 9.17) is 5.11 Å². The number of aliphatic carboxylic acids is 1. The molecule has 2 atom stereocenters. The van der Waals surface area contributed by atoms with Crippen molar-refractivity contribution in [1.29, 1.82) is 0 Å². The third kappa shape index (κ3) is 2.73. The van der Waals surface area contributed by atoms with Crippen molar-refractivity contribution < 1.29 is 19.1 Å². The van der Waals surface area contributed by atoms with Crippen molar-refractivity contribution in [3.05, 3.63) is 35.6 Å². The number of halogens is 1.